The summed E-state index contributed by atoms with van der Waals surface area (Å²) in [7, 11) is 1.27. The smallest absolute Gasteiger partial charge is 0.360 e. The molecule has 2 N–H and O–H groups in total. The van der Waals surface area contributed by atoms with Gasteiger partial charge in [-0.25, -0.2) is 4.79 Å². The van der Waals surface area contributed by atoms with Crippen LogP contribution < -0.4 is 5.43 Å². The average molecular weight is 506 g/mol. The minimum Gasteiger partial charge on any atom is -0.476 e. The maximum absolute atomic E-state index is 11.7. The van der Waals surface area contributed by atoms with E-state index in [0.29, 0.717) is 0 Å². The Labute approximate surface area is 198 Å². The number of hydrogen-bond acceptors (Lipinski definition) is 6. The van der Waals surface area contributed by atoms with E-state index in [0.717, 1.165) is 16.7 Å². The predicted molar refractivity (Wildman–Crippen MR) is 127 cm³/mol. The summed E-state index contributed by atoms with van der Waals surface area (Å²) in [5.74, 6) is -1.29. The second-order valence-corrected chi connectivity index (χ2v) is 7.77. The molecule has 8 nitrogen and oxygen atoms in total. The molecule has 9 heteroatoms. The van der Waals surface area contributed by atoms with Crippen molar-refractivity contribution in [3.63, 3.8) is 0 Å². The van der Waals surface area contributed by atoms with Crippen molar-refractivity contribution < 1.29 is 14.7 Å². The van der Waals surface area contributed by atoms with Crippen LogP contribution >= 0.6 is 15.9 Å². The quantitative estimate of drug-likeness (QED) is 0.213. The molecule has 0 saturated heterocycles. The zero-order chi connectivity index (χ0) is 23.3. The van der Waals surface area contributed by atoms with Crippen LogP contribution in [0.3, 0.4) is 0 Å². The number of aromatic nitrogens is 3. The highest BCUT2D eigenvalue weighted by atomic mass is 79.9. The van der Waals surface area contributed by atoms with Gasteiger partial charge in [0.2, 0.25) is 5.71 Å². The fourth-order valence-corrected chi connectivity index (χ4v) is 4.08. The Kier molecular flexibility index (Phi) is 6.50. The number of nitrogens with zero attached hydrogens (tertiary/aromatic N) is 4. The summed E-state index contributed by atoms with van der Waals surface area (Å²) >= 11 is 3.30. The number of hydrogen-bond donors (Lipinski definition) is 2. The number of carboxylic acids is 1. The van der Waals surface area contributed by atoms with Gasteiger partial charge in [-0.05, 0) is 32.6 Å². The van der Waals surface area contributed by atoms with E-state index in [1.807, 2.05) is 91.0 Å². The van der Waals surface area contributed by atoms with E-state index in [1.54, 1.807) is 0 Å². The highest BCUT2D eigenvalue weighted by Gasteiger charge is 2.38. The normalized spacial score (nSPS) is 11.8. The van der Waals surface area contributed by atoms with Gasteiger partial charge in [-0.2, -0.15) is 0 Å². The fourth-order valence-electron chi connectivity index (χ4n) is 3.67. The van der Waals surface area contributed by atoms with Crippen LogP contribution in [0.15, 0.2) is 101 Å². The Hall–Kier alpha value is -3.98. The van der Waals surface area contributed by atoms with Gasteiger partial charge in [-0.15, -0.1) is 10.2 Å². The minimum absolute atomic E-state index is 0.0277. The van der Waals surface area contributed by atoms with Crippen LogP contribution in [0.4, 0.5) is 0 Å². The zero-order valence-electron chi connectivity index (χ0n) is 17.6. The van der Waals surface area contributed by atoms with Crippen LogP contribution in [0.5, 0.6) is 0 Å². The van der Waals surface area contributed by atoms with E-state index in [9.17, 15) is 9.90 Å². The molecule has 0 unspecified atom stereocenters. The maximum atomic E-state index is 11.7. The minimum atomic E-state index is -1.29. The third-order valence-corrected chi connectivity index (χ3v) is 5.60. The third-order valence-electron chi connectivity index (χ3n) is 5.07. The van der Waals surface area contributed by atoms with Crippen molar-refractivity contribution in [1.82, 2.24) is 15.1 Å². The maximum Gasteiger partial charge on any atom is 0.360 e. The Morgan fingerprint density at radius 3 is 1.76 bits per heavy atom. The number of benzene rings is 3. The number of oxime groups is 1. The number of carboxylic acid groups (broad SMARTS) is 1. The van der Waals surface area contributed by atoms with E-state index in [-0.39, 0.29) is 16.0 Å². The van der Waals surface area contributed by atoms with Gasteiger partial charge in [0, 0.05) is 0 Å². The lowest BCUT2D eigenvalue weighted by Crippen LogP contribution is -2.44. The average Bonchev–Trinajstić information content (AvgIpc) is 3.21. The van der Waals surface area contributed by atoms with Crippen LogP contribution in [-0.4, -0.2) is 39.0 Å². The van der Waals surface area contributed by atoms with Crippen LogP contribution in [0.2, 0.25) is 0 Å². The van der Waals surface area contributed by atoms with Gasteiger partial charge < -0.3 is 9.94 Å². The van der Waals surface area contributed by atoms with Gasteiger partial charge in [-0.1, -0.05) is 101 Å². The molecule has 0 aliphatic rings. The van der Waals surface area contributed by atoms with Crippen molar-refractivity contribution in [3.05, 3.63) is 118 Å². The topological polar surface area (TPSA) is 102 Å². The van der Waals surface area contributed by atoms with Gasteiger partial charge in [0.25, 0.3) is 0 Å². The molecular weight excluding hydrogens is 486 g/mol. The molecule has 0 atom stereocenters. The molecule has 4 aromatic rings. The lowest BCUT2D eigenvalue weighted by Gasteiger charge is -2.36. The molecule has 0 saturated carbocycles. The Morgan fingerprint density at radius 2 is 1.36 bits per heavy atom. The van der Waals surface area contributed by atoms with Gasteiger partial charge >= 0.3 is 5.97 Å². The standard InChI is InChI=1S/C24H20BrN5O3/c1-33-28-21(23(31)32)20-22(25)27-30(26-20)29-24(17-11-5-2-6-12-17,18-13-7-3-8-14-18)19-15-9-4-10-16-19/h2-16,29H,1H3,(H,31,32). The number of aliphatic carboxylic acids is 1. The molecule has 0 spiro atoms. The van der Waals surface area contributed by atoms with Crippen LogP contribution in [0.25, 0.3) is 0 Å². The van der Waals surface area contributed by atoms with Crippen molar-refractivity contribution in [3.8, 4) is 0 Å². The van der Waals surface area contributed by atoms with E-state index in [4.69, 9.17) is 0 Å². The number of nitrogens with one attached hydrogen (secondary N) is 1. The first-order valence-corrected chi connectivity index (χ1v) is 10.8. The second kappa shape index (κ2) is 9.66. The molecule has 0 amide bonds. The van der Waals surface area contributed by atoms with Crippen molar-refractivity contribution >= 4 is 27.6 Å². The summed E-state index contributed by atoms with van der Waals surface area (Å²) in [6, 6.07) is 29.7. The lowest BCUT2D eigenvalue weighted by atomic mass is 9.77. The Balaban J connectivity index is 1.93. The molecule has 3 aromatic carbocycles. The summed E-state index contributed by atoms with van der Waals surface area (Å²) in [4.78, 5) is 17.6. The molecule has 1 heterocycles. The van der Waals surface area contributed by atoms with E-state index in [2.05, 4.69) is 41.5 Å². The van der Waals surface area contributed by atoms with Gasteiger partial charge in [-0.3, -0.25) is 5.43 Å². The van der Waals surface area contributed by atoms with E-state index in [1.165, 1.54) is 12.0 Å². The summed E-state index contributed by atoms with van der Waals surface area (Å²) < 4.78 is 0.205. The molecule has 4 rings (SSSR count). The Morgan fingerprint density at radius 1 is 0.909 bits per heavy atom. The zero-order valence-corrected chi connectivity index (χ0v) is 19.2. The first-order chi connectivity index (χ1) is 16.1. The van der Waals surface area contributed by atoms with Crippen LogP contribution in [0, 0.1) is 0 Å². The lowest BCUT2D eigenvalue weighted by molar-refractivity contribution is -0.129. The molecule has 0 fully saturated rings. The van der Waals surface area contributed by atoms with Gasteiger partial charge in [0.1, 0.15) is 12.6 Å². The highest BCUT2D eigenvalue weighted by molar-refractivity contribution is 9.10. The molecule has 0 radical (unpaired) electrons. The first-order valence-electron chi connectivity index (χ1n) is 9.98. The van der Waals surface area contributed by atoms with Gasteiger partial charge in [0.05, 0.1) is 0 Å². The van der Waals surface area contributed by atoms with Crippen molar-refractivity contribution in [2.75, 3.05) is 12.5 Å². The van der Waals surface area contributed by atoms with Gasteiger partial charge in [0.15, 0.2) is 10.3 Å². The number of carbonyl (C=O) groups is 1. The van der Waals surface area contributed by atoms with E-state index < -0.39 is 11.5 Å². The van der Waals surface area contributed by atoms with Crippen LogP contribution in [-0.2, 0) is 15.2 Å². The second-order valence-electron chi connectivity index (χ2n) is 7.02. The molecule has 0 aliphatic carbocycles. The molecule has 0 aliphatic heterocycles. The molecule has 0 bridgehead atoms. The number of halogens is 1. The first kappa shape index (κ1) is 22.2. The third kappa shape index (κ3) is 4.35. The van der Waals surface area contributed by atoms with Crippen molar-refractivity contribution in [2.45, 2.75) is 5.54 Å². The van der Waals surface area contributed by atoms with Crippen molar-refractivity contribution in [1.29, 1.82) is 0 Å². The highest BCUT2D eigenvalue weighted by Crippen LogP contribution is 2.37. The SMILES string of the molecule is CON=C(C(=O)O)c1nn(NC(c2ccccc2)(c2ccccc2)c2ccccc2)nc1Br. The molecular formula is C24H20BrN5O3. The van der Waals surface area contributed by atoms with Crippen LogP contribution in [0.1, 0.15) is 22.4 Å². The summed E-state index contributed by atoms with van der Waals surface area (Å²) in [5.41, 5.74) is 5.02. The summed E-state index contributed by atoms with van der Waals surface area (Å²) in [6.45, 7) is 0. The fraction of sp³-hybridized carbons (Fsp3) is 0.0833. The monoisotopic (exact) mass is 505 g/mol. The number of rotatable bonds is 8. The Bertz CT molecular complexity index is 1160. The molecule has 33 heavy (non-hydrogen) atoms. The molecule has 166 valence electrons. The summed E-state index contributed by atoms with van der Waals surface area (Å²) in [5, 5.41) is 21.8. The largest absolute Gasteiger partial charge is 0.476 e. The summed E-state index contributed by atoms with van der Waals surface area (Å²) in [6.07, 6.45) is 0. The van der Waals surface area contributed by atoms with Crippen molar-refractivity contribution in [2.24, 2.45) is 5.16 Å². The molecule has 1 aromatic heterocycles. The predicted octanol–water partition coefficient (Wildman–Crippen LogP) is 4.01. The van der Waals surface area contributed by atoms with E-state index >= 15 is 0 Å².